The smallest absolute Gasteiger partial charge is 0.126 e. The lowest BCUT2D eigenvalue weighted by molar-refractivity contribution is 0.526. The molecule has 1 N–H and O–H groups in total. The fourth-order valence-electron chi connectivity index (χ4n) is 1.92. The third kappa shape index (κ3) is 3.40. The Labute approximate surface area is 112 Å². The second kappa shape index (κ2) is 6.12. The molecule has 0 fully saturated rings. The van der Waals surface area contributed by atoms with E-state index in [9.17, 15) is 4.39 Å². The summed E-state index contributed by atoms with van der Waals surface area (Å²) in [7, 11) is 0. The van der Waals surface area contributed by atoms with Crippen molar-refractivity contribution in [1.82, 2.24) is 5.32 Å². The fraction of sp³-hybridized carbons (Fsp3) is 0.333. The van der Waals surface area contributed by atoms with Crippen LogP contribution in [-0.4, -0.2) is 6.04 Å². The van der Waals surface area contributed by atoms with Gasteiger partial charge >= 0.3 is 0 Å². The first kappa shape index (κ1) is 13.2. The van der Waals surface area contributed by atoms with Gasteiger partial charge in [0.25, 0.3) is 0 Å². The Balaban J connectivity index is 1.88. The summed E-state index contributed by atoms with van der Waals surface area (Å²) in [4.78, 5) is 0. The molecule has 1 atom stereocenters. The van der Waals surface area contributed by atoms with Crippen LogP contribution in [0.5, 0.6) is 0 Å². The Kier molecular flexibility index (Phi) is 4.50. The number of nitrogens with one attached hydrogen (secondary N) is 1. The van der Waals surface area contributed by atoms with Crippen molar-refractivity contribution in [3.05, 3.63) is 57.5 Å². The van der Waals surface area contributed by atoms with Crippen LogP contribution in [0.3, 0.4) is 0 Å². The predicted molar refractivity (Wildman–Crippen MR) is 75.5 cm³/mol. The van der Waals surface area contributed by atoms with E-state index in [0.717, 1.165) is 18.5 Å². The molecule has 1 aromatic heterocycles. The van der Waals surface area contributed by atoms with Gasteiger partial charge in [0.15, 0.2) is 0 Å². The third-order valence-corrected chi connectivity index (χ3v) is 4.00. The van der Waals surface area contributed by atoms with E-state index in [2.05, 4.69) is 29.9 Å². The molecule has 1 aromatic carbocycles. The molecule has 0 saturated carbocycles. The van der Waals surface area contributed by atoms with Crippen molar-refractivity contribution >= 4 is 11.3 Å². The SMILES string of the molecule is Cc1cscc1CNC(C)Cc1ccccc1F. The minimum atomic E-state index is -0.113. The number of benzene rings is 1. The zero-order valence-electron chi connectivity index (χ0n) is 10.7. The number of rotatable bonds is 5. The number of halogens is 1. The maximum atomic E-state index is 13.5. The summed E-state index contributed by atoms with van der Waals surface area (Å²) >= 11 is 1.72. The Hall–Kier alpha value is -1.19. The van der Waals surface area contributed by atoms with Gasteiger partial charge in [-0.2, -0.15) is 11.3 Å². The molecule has 0 aliphatic heterocycles. The summed E-state index contributed by atoms with van der Waals surface area (Å²) in [6.45, 7) is 5.06. The van der Waals surface area contributed by atoms with Crippen molar-refractivity contribution in [2.45, 2.75) is 32.9 Å². The van der Waals surface area contributed by atoms with Crippen LogP contribution in [0.1, 0.15) is 23.6 Å². The van der Waals surface area contributed by atoms with Gasteiger partial charge in [-0.1, -0.05) is 18.2 Å². The summed E-state index contributed by atoms with van der Waals surface area (Å²) in [5.74, 6) is -0.113. The number of hydrogen-bond donors (Lipinski definition) is 1. The molecule has 1 nitrogen and oxygen atoms in total. The highest BCUT2D eigenvalue weighted by Crippen LogP contribution is 2.14. The maximum absolute atomic E-state index is 13.5. The van der Waals surface area contributed by atoms with Crippen LogP contribution < -0.4 is 5.32 Å². The largest absolute Gasteiger partial charge is 0.310 e. The van der Waals surface area contributed by atoms with Crippen molar-refractivity contribution < 1.29 is 4.39 Å². The third-order valence-electron chi connectivity index (χ3n) is 3.09. The van der Waals surface area contributed by atoms with Gasteiger partial charge in [0.05, 0.1) is 0 Å². The second-order valence-corrected chi connectivity index (χ2v) is 5.40. The molecule has 0 amide bonds. The predicted octanol–water partition coefficient (Wildman–Crippen LogP) is 3.92. The van der Waals surface area contributed by atoms with Gasteiger partial charge in [0.2, 0.25) is 0 Å². The zero-order chi connectivity index (χ0) is 13.0. The first-order valence-electron chi connectivity index (χ1n) is 6.15. The molecular formula is C15H18FNS. The number of hydrogen-bond acceptors (Lipinski definition) is 2. The fourth-order valence-corrected chi connectivity index (χ4v) is 2.78. The highest BCUT2D eigenvalue weighted by atomic mass is 32.1. The number of aryl methyl sites for hydroxylation is 1. The summed E-state index contributed by atoms with van der Waals surface area (Å²) < 4.78 is 13.5. The lowest BCUT2D eigenvalue weighted by Crippen LogP contribution is -2.27. The van der Waals surface area contributed by atoms with Crippen LogP contribution in [0.15, 0.2) is 35.0 Å². The molecule has 0 spiro atoms. The highest BCUT2D eigenvalue weighted by molar-refractivity contribution is 7.08. The van der Waals surface area contributed by atoms with E-state index < -0.39 is 0 Å². The summed E-state index contributed by atoms with van der Waals surface area (Å²) in [6.07, 6.45) is 0.718. The van der Waals surface area contributed by atoms with Gasteiger partial charge in [-0.25, -0.2) is 4.39 Å². The Bertz CT molecular complexity index is 507. The lowest BCUT2D eigenvalue weighted by atomic mass is 10.1. The molecule has 0 bridgehead atoms. The van der Waals surface area contributed by atoms with Gasteiger partial charge in [-0.05, 0) is 53.8 Å². The molecule has 0 saturated heterocycles. The van der Waals surface area contributed by atoms with Gasteiger partial charge in [-0.3, -0.25) is 0 Å². The van der Waals surface area contributed by atoms with Crippen molar-refractivity contribution in [3.63, 3.8) is 0 Å². The quantitative estimate of drug-likeness (QED) is 0.862. The van der Waals surface area contributed by atoms with Gasteiger partial charge < -0.3 is 5.32 Å². The number of thiophene rings is 1. The standard InChI is InChI=1S/C15H18FNS/c1-11-9-18-10-14(11)8-17-12(2)7-13-5-3-4-6-15(13)16/h3-6,9-10,12,17H,7-8H2,1-2H3. The van der Waals surface area contributed by atoms with Crippen LogP contribution in [0.4, 0.5) is 4.39 Å². The molecule has 96 valence electrons. The molecule has 2 aromatic rings. The molecule has 0 aliphatic rings. The minimum absolute atomic E-state index is 0.113. The Morgan fingerprint density at radius 3 is 2.67 bits per heavy atom. The van der Waals surface area contributed by atoms with Gasteiger partial charge in [0, 0.05) is 12.6 Å². The lowest BCUT2D eigenvalue weighted by Gasteiger charge is -2.14. The Morgan fingerprint density at radius 1 is 1.22 bits per heavy atom. The molecule has 1 unspecified atom stereocenters. The Morgan fingerprint density at radius 2 is 2.00 bits per heavy atom. The van der Waals surface area contributed by atoms with E-state index in [0.29, 0.717) is 0 Å². The first-order chi connectivity index (χ1) is 8.66. The first-order valence-corrected chi connectivity index (χ1v) is 7.09. The minimum Gasteiger partial charge on any atom is -0.310 e. The van der Waals surface area contributed by atoms with Gasteiger partial charge in [-0.15, -0.1) is 0 Å². The van der Waals surface area contributed by atoms with Crippen LogP contribution in [0.2, 0.25) is 0 Å². The molecular weight excluding hydrogens is 245 g/mol. The van der Waals surface area contributed by atoms with Gasteiger partial charge in [0.1, 0.15) is 5.82 Å². The summed E-state index contributed by atoms with van der Waals surface area (Å²) in [6, 6.07) is 7.25. The van der Waals surface area contributed by atoms with Crippen LogP contribution >= 0.6 is 11.3 Å². The monoisotopic (exact) mass is 263 g/mol. The van der Waals surface area contributed by atoms with Crippen LogP contribution in [0.25, 0.3) is 0 Å². The van der Waals surface area contributed by atoms with E-state index in [1.54, 1.807) is 17.4 Å². The molecule has 0 aliphatic carbocycles. The van der Waals surface area contributed by atoms with Crippen molar-refractivity contribution in [2.24, 2.45) is 0 Å². The van der Waals surface area contributed by atoms with E-state index >= 15 is 0 Å². The molecule has 1 heterocycles. The molecule has 0 radical (unpaired) electrons. The van der Waals surface area contributed by atoms with E-state index in [1.807, 2.05) is 12.1 Å². The normalized spacial score (nSPS) is 12.6. The van der Waals surface area contributed by atoms with Crippen LogP contribution in [0, 0.1) is 12.7 Å². The highest BCUT2D eigenvalue weighted by Gasteiger charge is 2.07. The second-order valence-electron chi connectivity index (χ2n) is 4.66. The molecule has 3 heteroatoms. The summed E-state index contributed by atoms with van der Waals surface area (Å²) in [5.41, 5.74) is 3.44. The molecule has 2 rings (SSSR count). The summed E-state index contributed by atoms with van der Waals surface area (Å²) in [5, 5.41) is 7.76. The topological polar surface area (TPSA) is 12.0 Å². The van der Waals surface area contributed by atoms with E-state index in [4.69, 9.17) is 0 Å². The van der Waals surface area contributed by atoms with Crippen LogP contribution in [-0.2, 0) is 13.0 Å². The zero-order valence-corrected chi connectivity index (χ0v) is 11.6. The average molecular weight is 263 g/mol. The maximum Gasteiger partial charge on any atom is 0.126 e. The average Bonchev–Trinajstić information content (AvgIpc) is 2.75. The van der Waals surface area contributed by atoms with Crippen molar-refractivity contribution in [1.29, 1.82) is 0 Å². The molecule has 18 heavy (non-hydrogen) atoms. The van der Waals surface area contributed by atoms with E-state index in [-0.39, 0.29) is 11.9 Å². The van der Waals surface area contributed by atoms with Crippen molar-refractivity contribution in [3.8, 4) is 0 Å². The van der Waals surface area contributed by atoms with E-state index in [1.165, 1.54) is 17.2 Å². The van der Waals surface area contributed by atoms with Crippen molar-refractivity contribution in [2.75, 3.05) is 0 Å².